The topological polar surface area (TPSA) is 38.2 Å². The summed E-state index contributed by atoms with van der Waals surface area (Å²) in [5.41, 5.74) is 0. The van der Waals surface area contributed by atoms with E-state index in [9.17, 15) is 0 Å². The number of aromatic nitrogens is 2. The number of nitrogens with zero attached hydrogens (tertiary/aromatic N) is 3. The number of anilines is 1. The van der Waals surface area contributed by atoms with Gasteiger partial charge in [-0.2, -0.15) is 4.98 Å². The molecule has 0 aliphatic rings. The lowest BCUT2D eigenvalue weighted by Gasteiger charge is -2.18. The summed E-state index contributed by atoms with van der Waals surface area (Å²) in [6, 6.07) is 1.73. The Morgan fingerprint density at radius 3 is 2.93 bits per heavy atom. The van der Waals surface area contributed by atoms with Crippen LogP contribution in [0, 0.1) is 0 Å². The third kappa shape index (κ3) is 3.14. The zero-order valence-electron chi connectivity index (χ0n) is 8.57. The maximum absolute atomic E-state index is 5.02. The van der Waals surface area contributed by atoms with Crippen molar-refractivity contribution in [3.05, 3.63) is 12.3 Å². The van der Waals surface area contributed by atoms with Crippen LogP contribution < -0.4 is 9.64 Å². The molecule has 0 saturated carbocycles. The van der Waals surface area contributed by atoms with E-state index in [0.29, 0.717) is 16.7 Å². The van der Waals surface area contributed by atoms with Crippen LogP contribution in [0.5, 0.6) is 5.88 Å². The molecule has 14 heavy (non-hydrogen) atoms. The molecule has 0 saturated heterocycles. The summed E-state index contributed by atoms with van der Waals surface area (Å²) in [4.78, 5) is 10.7. The van der Waals surface area contributed by atoms with Gasteiger partial charge in [-0.3, -0.25) is 0 Å². The lowest BCUT2D eigenvalue weighted by Crippen LogP contribution is -2.25. The van der Waals surface area contributed by atoms with Gasteiger partial charge in [-0.05, 0) is 0 Å². The van der Waals surface area contributed by atoms with Crippen molar-refractivity contribution in [3.63, 3.8) is 0 Å². The van der Waals surface area contributed by atoms with Gasteiger partial charge in [0.1, 0.15) is 0 Å². The second-order valence-electron chi connectivity index (χ2n) is 3.06. The number of alkyl halides is 1. The van der Waals surface area contributed by atoms with E-state index in [1.54, 1.807) is 19.4 Å². The highest BCUT2D eigenvalue weighted by atomic mass is 79.9. The molecule has 0 aliphatic heterocycles. The van der Waals surface area contributed by atoms with Crippen LogP contribution in [0.3, 0.4) is 0 Å². The van der Waals surface area contributed by atoms with Crippen molar-refractivity contribution in [2.45, 2.75) is 11.8 Å². The van der Waals surface area contributed by atoms with E-state index in [1.165, 1.54) is 0 Å². The molecule has 1 aromatic heterocycles. The molecule has 0 radical (unpaired) electrons. The van der Waals surface area contributed by atoms with Gasteiger partial charge in [0.15, 0.2) is 0 Å². The van der Waals surface area contributed by atoms with Crippen LogP contribution in [0.4, 0.5) is 5.95 Å². The highest BCUT2D eigenvalue weighted by molar-refractivity contribution is 9.09. The van der Waals surface area contributed by atoms with Crippen molar-refractivity contribution in [1.29, 1.82) is 0 Å². The van der Waals surface area contributed by atoms with E-state index >= 15 is 0 Å². The normalized spacial score (nSPS) is 12.3. The summed E-state index contributed by atoms with van der Waals surface area (Å²) in [7, 11) is 3.55. The molecule has 0 N–H and O–H groups in total. The largest absolute Gasteiger partial charge is 0.481 e. The average Bonchev–Trinajstić information content (AvgIpc) is 2.17. The van der Waals surface area contributed by atoms with Crippen LogP contribution in [-0.2, 0) is 0 Å². The fourth-order valence-electron chi connectivity index (χ4n) is 1.09. The van der Waals surface area contributed by atoms with Crippen LogP contribution in [-0.4, -0.2) is 35.5 Å². The predicted molar refractivity (Wildman–Crippen MR) is 60.2 cm³/mol. The van der Waals surface area contributed by atoms with E-state index in [1.807, 2.05) is 11.9 Å². The summed E-state index contributed by atoms with van der Waals surface area (Å²) >= 11 is 3.48. The van der Waals surface area contributed by atoms with Crippen LogP contribution in [0.25, 0.3) is 0 Å². The molecular weight excluding hydrogens is 246 g/mol. The maximum Gasteiger partial charge on any atom is 0.228 e. The minimum atomic E-state index is 0.405. The van der Waals surface area contributed by atoms with E-state index in [2.05, 4.69) is 32.8 Å². The molecule has 0 amide bonds. The van der Waals surface area contributed by atoms with Gasteiger partial charge in [-0.15, -0.1) is 0 Å². The molecule has 0 aliphatic carbocycles. The zero-order valence-corrected chi connectivity index (χ0v) is 10.2. The van der Waals surface area contributed by atoms with E-state index in [-0.39, 0.29) is 0 Å². The molecule has 0 spiro atoms. The number of methoxy groups -OCH3 is 1. The van der Waals surface area contributed by atoms with E-state index < -0.39 is 0 Å². The molecule has 1 heterocycles. The average molecular weight is 260 g/mol. The molecule has 1 aromatic rings. The second kappa shape index (κ2) is 5.14. The SMILES string of the molecule is COc1ccnc(N(C)CC(C)Br)n1. The summed E-state index contributed by atoms with van der Waals surface area (Å²) < 4.78 is 5.02. The predicted octanol–water partition coefficient (Wildman–Crippen LogP) is 1.70. The van der Waals surface area contributed by atoms with Gasteiger partial charge < -0.3 is 9.64 Å². The fraction of sp³-hybridized carbons (Fsp3) is 0.556. The van der Waals surface area contributed by atoms with Gasteiger partial charge >= 0.3 is 0 Å². The minimum Gasteiger partial charge on any atom is -0.481 e. The van der Waals surface area contributed by atoms with Crippen molar-refractivity contribution in [2.75, 3.05) is 25.6 Å². The third-order valence-corrected chi connectivity index (χ3v) is 1.98. The quantitative estimate of drug-likeness (QED) is 0.772. The summed E-state index contributed by atoms with van der Waals surface area (Å²) in [5, 5.41) is 0. The van der Waals surface area contributed by atoms with Gasteiger partial charge in [-0.1, -0.05) is 22.9 Å². The smallest absolute Gasteiger partial charge is 0.228 e. The monoisotopic (exact) mass is 259 g/mol. The maximum atomic E-state index is 5.02. The van der Waals surface area contributed by atoms with Gasteiger partial charge in [0.25, 0.3) is 0 Å². The molecular formula is C9H14BrN3O. The van der Waals surface area contributed by atoms with Gasteiger partial charge in [0.05, 0.1) is 7.11 Å². The molecule has 4 nitrogen and oxygen atoms in total. The Labute approximate surface area is 92.4 Å². The van der Waals surface area contributed by atoms with Crippen molar-refractivity contribution >= 4 is 21.9 Å². The Morgan fingerprint density at radius 1 is 1.64 bits per heavy atom. The van der Waals surface area contributed by atoms with Gasteiger partial charge in [-0.25, -0.2) is 4.98 Å². The molecule has 0 aromatic carbocycles. The van der Waals surface area contributed by atoms with Crippen LogP contribution in [0.15, 0.2) is 12.3 Å². The summed E-state index contributed by atoms with van der Waals surface area (Å²) in [6.45, 7) is 2.93. The Morgan fingerprint density at radius 2 is 2.36 bits per heavy atom. The lowest BCUT2D eigenvalue weighted by atomic mass is 10.4. The first-order valence-electron chi connectivity index (χ1n) is 4.35. The fourth-order valence-corrected chi connectivity index (χ4v) is 1.52. The molecule has 5 heteroatoms. The third-order valence-electron chi connectivity index (χ3n) is 1.69. The highest BCUT2D eigenvalue weighted by Gasteiger charge is 2.07. The Bertz CT molecular complexity index is 293. The van der Waals surface area contributed by atoms with Crippen LogP contribution in [0.2, 0.25) is 0 Å². The van der Waals surface area contributed by atoms with Crippen molar-refractivity contribution in [2.24, 2.45) is 0 Å². The van der Waals surface area contributed by atoms with Crippen LogP contribution >= 0.6 is 15.9 Å². The van der Waals surface area contributed by atoms with Crippen molar-refractivity contribution in [3.8, 4) is 5.88 Å². The number of hydrogen-bond donors (Lipinski definition) is 0. The van der Waals surface area contributed by atoms with Gasteiger partial charge in [0.2, 0.25) is 11.8 Å². The molecule has 1 unspecified atom stereocenters. The molecule has 0 fully saturated rings. The summed E-state index contributed by atoms with van der Waals surface area (Å²) in [5.74, 6) is 1.26. The first-order chi connectivity index (χ1) is 6.63. The number of ether oxygens (including phenoxy) is 1. The Hall–Kier alpha value is -0.840. The Kier molecular flexibility index (Phi) is 4.13. The minimum absolute atomic E-state index is 0.405. The van der Waals surface area contributed by atoms with Crippen molar-refractivity contribution in [1.82, 2.24) is 9.97 Å². The first kappa shape index (κ1) is 11.2. The van der Waals surface area contributed by atoms with Crippen molar-refractivity contribution < 1.29 is 4.74 Å². The first-order valence-corrected chi connectivity index (χ1v) is 5.27. The second-order valence-corrected chi connectivity index (χ2v) is 4.62. The standard InChI is InChI=1S/C9H14BrN3O/c1-7(10)6-13(2)9-11-5-4-8(12-9)14-3/h4-5,7H,6H2,1-3H3. The number of rotatable bonds is 4. The van der Waals surface area contributed by atoms with E-state index in [0.717, 1.165) is 6.54 Å². The number of hydrogen-bond acceptors (Lipinski definition) is 4. The lowest BCUT2D eigenvalue weighted by molar-refractivity contribution is 0.397. The Balaban J connectivity index is 2.73. The van der Waals surface area contributed by atoms with Crippen LogP contribution in [0.1, 0.15) is 6.92 Å². The number of halogens is 1. The molecule has 1 atom stereocenters. The summed E-state index contributed by atoms with van der Waals surface area (Å²) in [6.07, 6.45) is 1.69. The van der Waals surface area contributed by atoms with E-state index in [4.69, 9.17) is 4.74 Å². The zero-order chi connectivity index (χ0) is 10.6. The highest BCUT2D eigenvalue weighted by Crippen LogP contribution is 2.12. The van der Waals surface area contributed by atoms with Gasteiger partial charge in [0, 0.05) is 30.7 Å². The molecule has 1 rings (SSSR count). The molecule has 78 valence electrons. The molecule has 0 bridgehead atoms.